The number of nitrogens with two attached hydrogens (primary N) is 1. The van der Waals surface area contributed by atoms with Gasteiger partial charge in [0.2, 0.25) is 0 Å². The van der Waals surface area contributed by atoms with Crippen LogP contribution in [0.2, 0.25) is 0 Å². The molecule has 5 fully saturated rings. The number of methoxy groups -OCH3 is 1. The predicted molar refractivity (Wildman–Crippen MR) is 196 cm³/mol. The van der Waals surface area contributed by atoms with Crippen molar-refractivity contribution in [1.29, 1.82) is 0 Å². The number of nitrogens with zero attached hydrogens (tertiary/aromatic N) is 1. The zero-order chi connectivity index (χ0) is 33.2. The van der Waals surface area contributed by atoms with Crippen LogP contribution in [-0.2, 0) is 4.74 Å². The Kier molecular flexibility index (Phi) is 9.27. The number of rotatable bonds is 7. The molecule has 1 saturated heterocycles. The van der Waals surface area contributed by atoms with Crippen LogP contribution in [0.3, 0.4) is 0 Å². The summed E-state index contributed by atoms with van der Waals surface area (Å²) in [5.41, 5.74) is 11.3. The summed E-state index contributed by atoms with van der Waals surface area (Å²) < 4.78 is 4.96. The number of benzene rings is 1. The number of thioether (sulfide) groups is 1. The first-order valence-electron chi connectivity index (χ1n) is 19.1. The van der Waals surface area contributed by atoms with Crippen LogP contribution in [0.5, 0.6) is 0 Å². The number of allylic oxidation sites excluding steroid dienone is 2. The van der Waals surface area contributed by atoms with Crippen LogP contribution in [0.4, 0.5) is 0 Å². The van der Waals surface area contributed by atoms with Gasteiger partial charge in [-0.3, -0.25) is 0 Å². The van der Waals surface area contributed by atoms with Gasteiger partial charge in [-0.1, -0.05) is 45.9 Å². The second-order valence-electron chi connectivity index (χ2n) is 17.8. The minimum atomic E-state index is -0.263. The van der Waals surface area contributed by atoms with Crippen molar-refractivity contribution in [2.75, 3.05) is 44.8 Å². The van der Waals surface area contributed by atoms with E-state index < -0.39 is 0 Å². The standard InChI is InChI=1S/C41H63N3O2S/c1-27(42)30-13-19-41(43-21-22-44-23-25-47-26-24-44)20-15-33-31(36(30)41)11-12-35-39(33,4)18-16-34-38(2,3)32(14-17-40(34,35)5)28-7-9-29(10-8-28)37(45)46-6/h7-10,14,27,30-31,33-36,43H,11-13,15-26,42H2,1-6H3. The van der Waals surface area contributed by atoms with Crippen molar-refractivity contribution in [2.45, 2.75) is 104 Å². The summed E-state index contributed by atoms with van der Waals surface area (Å²) in [6, 6.07) is 8.45. The van der Waals surface area contributed by atoms with Crippen molar-refractivity contribution in [3.8, 4) is 0 Å². The molecule has 47 heavy (non-hydrogen) atoms. The second kappa shape index (κ2) is 12.8. The molecule has 5 nitrogen and oxygen atoms in total. The Balaban J connectivity index is 1.13. The molecule has 0 aromatic heterocycles. The number of hydrogen-bond donors (Lipinski definition) is 2. The van der Waals surface area contributed by atoms with Crippen molar-refractivity contribution < 1.29 is 9.53 Å². The first-order chi connectivity index (χ1) is 22.4. The maximum absolute atomic E-state index is 12.1. The molecule has 1 heterocycles. The monoisotopic (exact) mass is 661 g/mol. The third-order valence-corrected chi connectivity index (χ3v) is 16.5. The second-order valence-corrected chi connectivity index (χ2v) is 19.0. The Hall–Kier alpha value is -1.34. The normalized spacial score (nSPS) is 41.9. The summed E-state index contributed by atoms with van der Waals surface area (Å²) in [6.07, 6.45) is 14.6. The number of nitrogens with one attached hydrogen (secondary N) is 1. The Morgan fingerprint density at radius 1 is 0.979 bits per heavy atom. The van der Waals surface area contributed by atoms with Gasteiger partial charge in [0.25, 0.3) is 0 Å². The quantitative estimate of drug-likeness (QED) is 0.290. The van der Waals surface area contributed by atoms with Gasteiger partial charge in [-0.05, 0) is 140 Å². The number of carbonyl (C=O) groups excluding carboxylic acids is 1. The number of fused-ring (bicyclic) bond motifs is 7. The topological polar surface area (TPSA) is 67.6 Å². The molecule has 1 aromatic carbocycles. The minimum absolute atomic E-state index is 0.0855. The molecule has 10 unspecified atom stereocenters. The third-order valence-electron chi connectivity index (χ3n) is 15.5. The molecule has 1 aliphatic heterocycles. The minimum Gasteiger partial charge on any atom is -0.465 e. The Morgan fingerprint density at radius 2 is 1.70 bits per heavy atom. The highest BCUT2D eigenvalue weighted by atomic mass is 32.2. The lowest BCUT2D eigenvalue weighted by molar-refractivity contribution is -0.176. The van der Waals surface area contributed by atoms with Crippen LogP contribution in [0.1, 0.15) is 108 Å². The van der Waals surface area contributed by atoms with Gasteiger partial charge in [-0.15, -0.1) is 0 Å². The summed E-state index contributed by atoms with van der Waals surface area (Å²) in [5.74, 6) is 6.75. The highest BCUT2D eigenvalue weighted by Gasteiger charge is 2.66. The van der Waals surface area contributed by atoms with Gasteiger partial charge in [-0.2, -0.15) is 11.8 Å². The van der Waals surface area contributed by atoms with Crippen molar-refractivity contribution >= 4 is 23.3 Å². The van der Waals surface area contributed by atoms with Gasteiger partial charge < -0.3 is 20.7 Å². The van der Waals surface area contributed by atoms with E-state index >= 15 is 0 Å². The van der Waals surface area contributed by atoms with Crippen molar-refractivity contribution in [3.63, 3.8) is 0 Å². The van der Waals surface area contributed by atoms with Crippen LogP contribution in [-0.4, -0.2) is 67.2 Å². The summed E-state index contributed by atoms with van der Waals surface area (Å²) in [6.45, 7) is 17.6. The first kappa shape index (κ1) is 34.1. The van der Waals surface area contributed by atoms with E-state index in [1.54, 1.807) is 0 Å². The fourth-order valence-electron chi connectivity index (χ4n) is 13.5. The molecule has 10 atom stereocenters. The van der Waals surface area contributed by atoms with Gasteiger partial charge in [-0.25, -0.2) is 4.79 Å². The van der Waals surface area contributed by atoms with E-state index in [-0.39, 0.29) is 17.4 Å². The number of ether oxygens (including phenoxy) is 1. The number of hydrogen-bond acceptors (Lipinski definition) is 6. The maximum atomic E-state index is 12.1. The molecule has 1 aromatic rings. The molecule has 260 valence electrons. The van der Waals surface area contributed by atoms with Crippen LogP contribution in [0.25, 0.3) is 5.57 Å². The fraction of sp³-hybridized carbons (Fsp3) is 0.780. The molecule has 0 radical (unpaired) electrons. The number of carbonyl (C=O) groups is 1. The predicted octanol–water partition coefficient (Wildman–Crippen LogP) is 7.90. The van der Waals surface area contributed by atoms with Crippen LogP contribution in [0.15, 0.2) is 30.3 Å². The lowest BCUT2D eigenvalue weighted by atomic mass is 9.36. The highest BCUT2D eigenvalue weighted by Crippen LogP contribution is 2.73. The van der Waals surface area contributed by atoms with E-state index in [1.165, 1.54) is 107 Å². The largest absolute Gasteiger partial charge is 0.465 e. The molecule has 5 aliphatic carbocycles. The Bertz CT molecular complexity index is 1340. The lowest BCUT2D eigenvalue weighted by Crippen LogP contribution is -2.65. The summed E-state index contributed by atoms with van der Waals surface area (Å²) in [7, 11) is 1.45. The number of esters is 1. The van der Waals surface area contributed by atoms with Crippen LogP contribution < -0.4 is 11.1 Å². The Labute approximate surface area is 290 Å². The lowest BCUT2D eigenvalue weighted by Gasteiger charge is -2.68. The van der Waals surface area contributed by atoms with E-state index in [9.17, 15) is 4.79 Å². The van der Waals surface area contributed by atoms with Crippen LogP contribution in [0, 0.1) is 51.8 Å². The molecule has 6 heteroatoms. The molecule has 0 spiro atoms. The van der Waals surface area contributed by atoms with E-state index in [0.29, 0.717) is 33.8 Å². The fourth-order valence-corrected chi connectivity index (χ4v) is 14.5. The SMILES string of the molecule is COC(=O)c1ccc(C2=CCC3(C)C(CCC4(C)C5CCC6(NCCN7CCSCC7)CCC(C(C)N)C6C5CCC43)C2(C)C)cc1. The first-order valence-corrected chi connectivity index (χ1v) is 20.3. The summed E-state index contributed by atoms with van der Waals surface area (Å²) in [5, 5.41) is 4.31. The summed E-state index contributed by atoms with van der Waals surface area (Å²) >= 11 is 2.11. The van der Waals surface area contributed by atoms with E-state index in [0.717, 1.165) is 30.2 Å². The zero-order valence-electron chi connectivity index (χ0n) is 30.3. The van der Waals surface area contributed by atoms with Gasteiger partial charge in [0.15, 0.2) is 0 Å². The van der Waals surface area contributed by atoms with Gasteiger partial charge in [0.1, 0.15) is 0 Å². The van der Waals surface area contributed by atoms with E-state index in [1.807, 2.05) is 12.1 Å². The maximum Gasteiger partial charge on any atom is 0.337 e. The average molecular weight is 662 g/mol. The van der Waals surface area contributed by atoms with Gasteiger partial charge >= 0.3 is 5.97 Å². The molecule has 7 rings (SSSR count). The zero-order valence-corrected chi connectivity index (χ0v) is 31.1. The van der Waals surface area contributed by atoms with Crippen molar-refractivity contribution in [3.05, 3.63) is 41.5 Å². The van der Waals surface area contributed by atoms with Crippen LogP contribution >= 0.6 is 11.8 Å². The molecule has 0 bridgehead atoms. The third kappa shape index (κ3) is 5.58. The molecular formula is C41H63N3O2S. The van der Waals surface area contributed by atoms with Gasteiger partial charge in [0.05, 0.1) is 12.7 Å². The summed E-state index contributed by atoms with van der Waals surface area (Å²) in [4.78, 5) is 14.8. The molecule has 4 saturated carbocycles. The average Bonchev–Trinajstić information content (AvgIpc) is 3.45. The molecule has 0 amide bonds. The Morgan fingerprint density at radius 3 is 2.40 bits per heavy atom. The van der Waals surface area contributed by atoms with E-state index in [2.05, 4.69) is 74.8 Å². The molecule has 3 N–H and O–H groups in total. The van der Waals surface area contributed by atoms with E-state index in [4.69, 9.17) is 10.5 Å². The smallest absolute Gasteiger partial charge is 0.337 e. The molecular weight excluding hydrogens is 599 g/mol. The van der Waals surface area contributed by atoms with Gasteiger partial charge in [0, 0.05) is 49.3 Å². The highest BCUT2D eigenvalue weighted by molar-refractivity contribution is 7.99. The molecule has 6 aliphatic rings. The van der Waals surface area contributed by atoms with Crippen molar-refractivity contribution in [1.82, 2.24) is 10.2 Å². The van der Waals surface area contributed by atoms with Crippen molar-refractivity contribution in [2.24, 2.45) is 57.5 Å².